The van der Waals surface area contributed by atoms with E-state index in [-0.39, 0.29) is 11.5 Å². The summed E-state index contributed by atoms with van der Waals surface area (Å²) in [5.74, 6) is 0.396. The van der Waals surface area contributed by atoms with Crippen molar-refractivity contribution in [2.45, 2.75) is 38.9 Å². The minimum Gasteiger partial charge on any atom is -0.508 e. The standard InChI is InChI=1S/C24H26BNO4/c1-23(2)24(3,4)30-25(29-23)21-7-5-6-8-22(21)26(17-9-13-19(27)14-10-17)18-11-15-20(28)16-12-18/h5-16,27-28H,1-4H3. The van der Waals surface area contributed by atoms with E-state index in [4.69, 9.17) is 9.31 Å². The maximum absolute atomic E-state index is 9.77. The Bertz CT molecular complexity index is 970. The molecule has 0 spiro atoms. The number of hydrogen-bond acceptors (Lipinski definition) is 5. The monoisotopic (exact) mass is 403 g/mol. The van der Waals surface area contributed by atoms with Gasteiger partial charge in [-0.3, -0.25) is 0 Å². The molecule has 4 rings (SSSR count). The van der Waals surface area contributed by atoms with Crippen LogP contribution in [0.25, 0.3) is 0 Å². The summed E-state index contributed by atoms with van der Waals surface area (Å²) in [7, 11) is -0.525. The first-order valence-corrected chi connectivity index (χ1v) is 10.0. The molecule has 3 aromatic carbocycles. The Labute approximate surface area is 177 Å². The fourth-order valence-corrected chi connectivity index (χ4v) is 3.49. The van der Waals surface area contributed by atoms with E-state index in [2.05, 4.69) is 4.90 Å². The number of benzene rings is 3. The summed E-state index contributed by atoms with van der Waals surface area (Å²) in [5.41, 5.74) is 2.62. The van der Waals surface area contributed by atoms with Crippen molar-refractivity contribution in [3.8, 4) is 11.5 Å². The number of hydrogen-bond donors (Lipinski definition) is 2. The van der Waals surface area contributed by atoms with Gasteiger partial charge < -0.3 is 24.4 Å². The third-order valence-corrected chi connectivity index (χ3v) is 5.90. The van der Waals surface area contributed by atoms with Gasteiger partial charge >= 0.3 is 7.12 Å². The Balaban J connectivity index is 1.84. The van der Waals surface area contributed by atoms with E-state index in [0.717, 1.165) is 22.5 Å². The summed E-state index contributed by atoms with van der Waals surface area (Å²) >= 11 is 0. The van der Waals surface area contributed by atoms with Gasteiger partial charge in [-0.05, 0) is 82.3 Å². The van der Waals surface area contributed by atoms with Gasteiger partial charge in [0.15, 0.2) is 0 Å². The first-order valence-electron chi connectivity index (χ1n) is 10.0. The van der Waals surface area contributed by atoms with Crippen LogP contribution in [-0.4, -0.2) is 28.5 Å². The molecule has 0 amide bonds. The average molecular weight is 403 g/mol. The predicted octanol–water partition coefficient (Wildman–Crippen LogP) is 4.87. The maximum Gasteiger partial charge on any atom is 0.496 e. The van der Waals surface area contributed by atoms with Gasteiger partial charge in [0.25, 0.3) is 0 Å². The smallest absolute Gasteiger partial charge is 0.496 e. The van der Waals surface area contributed by atoms with E-state index in [0.29, 0.717) is 0 Å². The molecule has 0 bridgehead atoms. The van der Waals surface area contributed by atoms with Crippen LogP contribution in [0.4, 0.5) is 17.1 Å². The number of aromatic hydroxyl groups is 2. The second-order valence-electron chi connectivity index (χ2n) is 8.52. The van der Waals surface area contributed by atoms with E-state index < -0.39 is 18.3 Å². The Morgan fingerprint density at radius 2 is 1.10 bits per heavy atom. The molecular weight excluding hydrogens is 377 g/mol. The van der Waals surface area contributed by atoms with Crippen LogP contribution >= 0.6 is 0 Å². The van der Waals surface area contributed by atoms with Gasteiger partial charge in [-0.2, -0.15) is 0 Å². The minimum atomic E-state index is -0.525. The summed E-state index contributed by atoms with van der Waals surface area (Å²) in [5, 5.41) is 19.5. The lowest BCUT2D eigenvalue weighted by atomic mass is 9.77. The van der Waals surface area contributed by atoms with Crippen LogP contribution in [0, 0.1) is 0 Å². The third kappa shape index (κ3) is 3.64. The van der Waals surface area contributed by atoms with Gasteiger partial charge in [0.1, 0.15) is 11.5 Å². The van der Waals surface area contributed by atoms with E-state index in [1.54, 1.807) is 24.3 Å². The highest BCUT2D eigenvalue weighted by Gasteiger charge is 2.52. The molecule has 154 valence electrons. The van der Waals surface area contributed by atoms with E-state index in [9.17, 15) is 10.2 Å². The predicted molar refractivity (Wildman–Crippen MR) is 120 cm³/mol. The number of para-hydroxylation sites is 1. The normalized spacial score (nSPS) is 17.1. The maximum atomic E-state index is 9.77. The average Bonchev–Trinajstić information content (AvgIpc) is 2.92. The second kappa shape index (κ2) is 7.38. The summed E-state index contributed by atoms with van der Waals surface area (Å²) < 4.78 is 12.6. The van der Waals surface area contributed by atoms with E-state index in [1.807, 2.05) is 76.2 Å². The molecule has 1 heterocycles. The van der Waals surface area contributed by atoms with Crippen LogP contribution in [0.15, 0.2) is 72.8 Å². The number of nitrogens with zero attached hydrogens (tertiary/aromatic N) is 1. The van der Waals surface area contributed by atoms with Crippen molar-refractivity contribution in [2.24, 2.45) is 0 Å². The molecule has 0 aromatic heterocycles. The van der Waals surface area contributed by atoms with Crippen LogP contribution in [0.3, 0.4) is 0 Å². The van der Waals surface area contributed by atoms with Crippen molar-refractivity contribution in [2.75, 3.05) is 4.90 Å². The van der Waals surface area contributed by atoms with Crippen molar-refractivity contribution in [1.82, 2.24) is 0 Å². The van der Waals surface area contributed by atoms with Crippen LogP contribution in [-0.2, 0) is 9.31 Å². The fourth-order valence-electron chi connectivity index (χ4n) is 3.49. The van der Waals surface area contributed by atoms with Gasteiger partial charge in [-0.15, -0.1) is 0 Å². The number of rotatable bonds is 4. The molecule has 5 nitrogen and oxygen atoms in total. The Morgan fingerprint density at radius 3 is 1.57 bits per heavy atom. The second-order valence-corrected chi connectivity index (χ2v) is 8.52. The van der Waals surface area contributed by atoms with Crippen LogP contribution in [0.2, 0.25) is 0 Å². The lowest BCUT2D eigenvalue weighted by Crippen LogP contribution is -2.41. The van der Waals surface area contributed by atoms with Crippen molar-refractivity contribution >= 4 is 29.6 Å². The fraction of sp³-hybridized carbons (Fsp3) is 0.250. The molecule has 0 saturated carbocycles. The number of phenols is 2. The van der Waals surface area contributed by atoms with Gasteiger partial charge in [0.05, 0.1) is 11.2 Å². The summed E-state index contributed by atoms with van der Waals surface area (Å²) in [6.07, 6.45) is 0. The third-order valence-electron chi connectivity index (χ3n) is 5.90. The van der Waals surface area contributed by atoms with Gasteiger partial charge in [0, 0.05) is 22.5 Å². The molecule has 30 heavy (non-hydrogen) atoms. The summed E-state index contributed by atoms with van der Waals surface area (Å²) in [6, 6.07) is 22.0. The number of phenolic OH excluding ortho intramolecular Hbond substituents is 2. The van der Waals surface area contributed by atoms with Gasteiger partial charge in [-0.1, -0.05) is 18.2 Å². The highest BCUT2D eigenvalue weighted by Crippen LogP contribution is 2.39. The van der Waals surface area contributed by atoms with Crippen LogP contribution in [0.5, 0.6) is 11.5 Å². The Hall–Kier alpha value is -2.96. The molecular formula is C24H26BNO4. The molecule has 6 heteroatoms. The highest BCUT2D eigenvalue weighted by molar-refractivity contribution is 6.64. The SMILES string of the molecule is CC1(C)OB(c2ccccc2N(c2ccc(O)cc2)c2ccc(O)cc2)OC1(C)C. The first kappa shape index (κ1) is 20.3. The van der Waals surface area contributed by atoms with Crippen molar-refractivity contribution in [3.63, 3.8) is 0 Å². The molecule has 0 radical (unpaired) electrons. The Kier molecular flexibility index (Phi) is 5.00. The lowest BCUT2D eigenvalue weighted by molar-refractivity contribution is 0.00578. The highest BCUT2D eigenvalue weighted by atomic mass is 16.7. The molecule has 1 fully saturated rings. The zero-order valence-corrected chi connectivity index (χ0v) is 17.7. The van der Waals surface area contributed by atoms with E-state index in [1.165, 1.54) is 0 Å². The quantitative estimate of drug-likeness (QED) is 0.609. The molecule has 1 aliphatic rings. The molecule has 0 unspecified atom stereocenters. The van der Waals surface area contributed by atoms with Crippen LogP contribution < -0.4 is 10.4 Å². The van der Waals surface area contributed by atoms with Crippen LogP contribution in [0.1, 0.15) is 27.7 Å². The van der Waals surface area contributed by atoms with E-state index >= 15 is 0 Å². The molecule has 1 saturated heterocycles. The molecule has 2 N–H and O–H groups in total. The lowest BCUT2D eigenvalue weighted by Gasteiger charge is -2.32. The van der Waals surface area contributed by atoms with Gasteiger partial charge in [0.2, 0.25) is 0 Å². The topological polar surface area (TPSA) is 62.2 Å². The number of anilines is 3. The largest absolute Gasteiger partial charge is 0.508 e. The first-order chi connectivity index (χ1) is 14.2. The molecule has 0 atom stereocenters. The van der Waals surface area contributed by atoms with Crippen molar-refractivity contribution in [1.29, 1.82) is 0 Å². The molecule has 0 aliphatic carbocycles. The van der Waals surface area contributed by atoms with Crippen molar-refractivity contribution < 1.29 is 19.5 Å². The molecule has 3 aromatic rings. The van der Waals surface area contributed by atoms with Gasteiger partial charge in [-0.25, -0.2) is 0 Å². The zero-order valence-electron chi connectivity index (χ0n) is 17.7. The zero-order chi connectivity index (χ0) is 21.5. The molecule has 1 aliphatic heterocycles. The summed E-state index contributed by atoms with van der Waals surface area (Å²) in [6.45, 7) is 8.14. The Morgan fingerprint density at radius 1 is 0.667 bits per heavy atom. The summed E-state index contributed by atoms with van der Waals surface area (Å²) in [4.78, 5) is 2.05. The minimum absolute atomic E-state index is 0.198. The van der Waals surface area contributed by atoms with Crippen molar-refractivity contribution in [3.05, 3.63) is 72.8 Å².